The van der Waals surface area contributed by atoms with Gasteiger partial charge in [0.2, 0.25) is 11.7 Å². The Morgan fingerprint density at radius 1 is 1.06 bits per heavy atom. The zero-order valence-corrected chi connectivity index (χ0v) is 10.1. The summed E-state index contributed by atoms with van der Waals surface area (Å²) in [5, 5.41) is 0. The molecule has 18 heavy (non-hydrogen) atoms. The van der Waals surface area contributed by atoms with Crippen LogP contribution in [0.15, 0.2) is 35.7 Å². The van der Waals surface area contributed by atoms with E-state index in [4.69, 9.17) is 9.47 Å². The largest absolute Gasteiger partial charge is 0.481 e. The van der Waals surface area contributed by atoms with Crippen LogP contribution in [-0.2, 0) is 0 Å². The van der Waals surface area contributed by atoms with Gasteiger partial charge in [-0.2, -0.15) is 0 Å². The van der Waals surface area contributed by atoms with Crippen LogP contribution in [0.25, 0.3) is 0 Å². The van der Waals surface area contributed by atoms with Crippen molar-refractivity contribution >= 4 is 12.0 Å². The molecule has 0 aliphatic rings. The number of aliphatic imine (C=N–C) groups is 1. The van der Waals surface area contributed by atoms with E-state index in [9.17, 15) is 0 Å². The van der Waals surface area contributed by atoms with E-state index in [0.29, 0.717) is 17.6 Å². The fraction of sp³-hybridized carbons (Fsp3) is 0.167. The van der Waals surface area contributed by atoms with Gasteiger partial charge in [0.1, 0.15) is 0 Å². The highest BCUT2D eigenvalue weighted by atomic mass is 16.5. The predicted molar refractivity (Wildman–Crippen MR) is 66.6 cm³/mol. The molecular formula is C12H12N4O2. The van der Waals surface area contributed by atoms with Crippen LogP contribution in [0.3, 0.4) is 0 Å². The molecule has 0 aliphatic carbocycles. The van der Waals surface area contributed by atoms with Gasteiger partial charge >= 0.3 is 0 Å². The van der Waals surface area contributed by atoms with Crippen molar-refractivity contribution in [1.82, 2.24) is 15.0 Å². The summed E-state index contributed by atoms with van der Waals surface area (Å²) >= 11 is 0. The second-order valence-electron chi connectivity index (χ2n) is 3.28. The van der Waals surface area contributed by atoms with E-state index in [-0.39, 0.29) is 0 Å². The summed E-state index contributed by atoms with van der Waals surface area (Å²) in [4.78, 5) is 16.3. The summed E-state index contributed by atoms with van der Waals surface area (Å²) in [7, 11) is 3.10. The molecule has 0 radical (unpaired) electrons. The smallest absolute Gasteiger partial charge is 0.259 e. The van der Waals surface area contributed by atoms with Crippen LogP contribution < -0.4 is 9.47 Å². The van der Waals surface area contributed by atoms with Crippen molar-refractivity contribution < 1.29 is 9.47 Å². The number of aromatic nitrogens is 3. The van der Waals surface area contributed by atoms with Gasteiger partial charge in [0.25, 0.3) is 5.88 Å². The molecule has 0 spiro atoms. The van der Waals surface area contributed by atoms with E-state index in [0.717, 1.165) is 5.56 Å². The highest BCUT2D eigenvalue weighted by molar-refractivity contribution is 5.81. The Bertz CT molecular complexity index is 540. The summed E-state index contributed by atoms with van der Waals surface area (Å²) in [5.41, 5.74) is 0.837. The zero-order valence-electron chi connectivity index (χ0n) is 10.1. The molecule has 0 fully saturated rings. The quantitative estimate of drug-likeness (QED) is 0.765. The third-order valence-corrected chi connectivity index (χ3v) is 2.14. The fourth-order valence-electron chi connectivity index (χ4n) is 1.27. The van der Waals surface area contributed by atoms with Gasteiger partial charge in [-0.05, 0) is 6.07 Å². The van der Waals surface area contributed by atoms with Crippen LogP contribution in [-0.4, -0.2) is 35.4 Å². The number of ether oxygens (including phenoxy) is 2. The molecule has 0 bridgehead atoms. The van der Waals surface area contributed by atoms with Gasteiger partial charge in [0.05, 0.1) is 14.2 Å². The van der Waals surface area contributed by atoms with Crippen LogP contribution >= 0.6 is 0 Å². The maximum atomic E-state index is 5.05. The molecule has 0 unspecified atom stereocenters. The van der Waals surface area contributed by atoms with E-state index in [2.05, 4.69) is 19.9 Å². The lowest BCUT2D eigenvalue weighted by Gasteiger charge is -2.00. The Morgan fingerprint density at radius 3 is 2.56 bits per heavy atom. The van der Waals surface area contributed by atoms with E-state index in [1.165, 1.54) is 7.11 Å². The lowest BCUT2D eigenvalue weighted by molar-refractivity contribution is 0.397. The summed E-state index contributed by atoms with van der Waals surface area (Å²) in [5.74, 6) is 1.37. The van der Waals surface area contributed by atoms with Gasteiger partial charge in [-0.3, -0.25) is 0 Å². The van der Waals surface area contributed by atoms with Crippen molar-refractivity contribution in [2.75, 3.05) is 14.2 Å². The van der Waals surface area contributed by atoms with Crippen molar-refractivity contribution in [1.29, 1.82) is 0 Å². The number of hydrogen-bond acceptors (Lipinski definition) is 6. The van der Waals surface area contributed by atoms with Gasteiger partial charge in [0, 0.05) is 36.4 Å². The minimum Gasteiger partial charge on any atom is -0.481 e. The first kappa shape index (κ1) is 12.0. The normalized spacial score (nSPS) is 10.6. The standard InChI is InChI=1S/C12H12N4O2/c1-17-10-4-3-9(7-15-10)8-16-11-12(18-2)14-6-5-13-11/h3-8H,1-2H3. The molecule has 0 saturated heterocycles. The van der Waals surface area contributed by atoms with E-state index in [1.807, 2.05) is 6.07 Å². The van der Waals surface area contributed by atoms with Crippen molar-refractivity contribution in [2.24, 2.45) is 4.99 Å². The maximum absolute atomic E-state index is 5.05. The first-order valence-corrected chi connectivity index (χ1v) is 5.22. The Balaban J connectivity index is 2.19. The van der Waals surface area contributed by atoms with Gasteiger partial charge in [-0.15, -0.1) is 0 Å². The molecular weight excluding hydrogens is 232 g/mol. The summed E-state index contributed by atoms with van der Waals surface area (Å²) in [6.45, 7) is 0. The molecule has 2 rings (SSSR count). The Morgan fingerprint density at radius 2 is 1.89 bits per heavy atom. The molecule has 0 amide bonds. The molecule has 0 aliphatic heterocycles. The predicted octanol–water partition coefficient (Wildman–Crippen LogP) is 1.64. The van der Waals surface area contributed by atoms with Crippen molar-refractivity contribution in [3.8, 4) is 11.8 Å². The zero-order chi connectivity index (χ0) is 12.8. The highest BCUT2D eigenvalue weighted by Gasteiger charge is 2.01. The van der Waals surface area contributed by atoms with Gasteiger partial charge in [0.15, 0.2) is 0 Å². The number of pyridine rings is 1. The lowest BCUT2D eigenvalue weighted by Crippen LogP contribution is -1.91. The molecule has 2 aromatic heterocycles. The van der Waals surface area contributed by atoms with Crippen molar-refractivity contribution in [2.45, 2.75) is 0 Å². The van der Waals surface area contributed by atoms with Crippen LogP contribution in [0.2, 0.25) is 0 Å². The topological polar surface area (TPSA) is 69.5 Å². The fourth-order valence-corrected chi connectivity index (χ4v) is 1.27. The van der Waals surface area contributed by atoms with Gasteiger partial charge in [-0.1, -0.05) is 0 Å². The second kappa shape index (κ2) is 5.72. The minimum atomic E-state index is 0.384. The van der Waals surface area contributed by atoms with Crippen LogP contribution in [0.4, 0.5) is 5.82 Å². The van der Waals surface area contributed by atoms with E-state index in [1.54, 1.807) is 38.0 Å². The summed E-state index contributed by atoms with van der Waals surface area (Å²) in [6, 6.07) is 3.60. The number of rotatable bonds is 4. The molecule has 0 atom stereocenters. The van der Waals surface area contributed by atoms with E-state index >= 15 is 0 Å². The first-order valence-electron chi connectivity index (χ1n) is 5.22. The first-order chi connectivity index (χ1) is 8.83. The molecule has 6 heteroatoms. The SMILES string of the molecule is COc1ccc(C=Nc2nccnc2OC)cn1. The molecule has 92 valence electrons. The third kappa shape index (κ3) is 2.79. The van der Waals surface area contributed by atoms with Crippen LogP contribution in [0, 0.1) is 0 Å². The highest BCUT2D eigenvalue weighted by Crippen LogP contribution is 2.19. The number of methoxy groups -OCH3 is 2. The van der Waals surface area contributed by atoms with Crippen LogP contribution in [0.1, 0.15) is 5.56 Å². The molecule has 2 heterocycles. The summed E-state index contributed by atoms with van der Waals surface area (Å²) in [6.07, 6.45) is 6.40. The molecule has 0 saturated carbocycles. The van der Waals surface area contributed by atoms with Gasteiger partial charge < -0.3 is 9.47 Å². The maximum Gasteiger partial charge on any atom is 0.259 e. The van der Waals surface area contributed by atoms with Crippen molar-refractivity contribution in [3.63, 3.8) is 0 Å². The molecule has 6 nitrogen and oxygen atoms in total. The average Bonchev–Trinajstić information content (AvgIpc) is 2.46. The average molecular weight is 244 g/mol. The molecule has 0 N–H and O–H groups in total. The van der Waals surface area contributed by atoms with Crippen LogP contribution in [0.5, 0.6) is 11.8 Å². The van der Waals surface area contributed by atoms with Gasteiger partial charge in [-0.25, -0.2) is 19.9 Å². The van der Waals surface area contributed by atoms with E-state index < -0.39 is 0 Å². The summed E-state index contributed by atoms with van der Waals surface area (Å²) < 4.78 is 10.0. The Labute approximate surface area is 104 Å². The lowest BCUT2D eigenvalue weighted by atomic mass is 10.3. The third-order valence-electron chi connectivity index (χ3n) is 2.14. The second-order valence-corrected chi connectivity index (χ2v) is 3.28. The Hall–Kier alpha value is -2.50. The van der Waals surface area contributed by atoms with Crippen molar-refractivity contribution in [3.05, 3.63) is 36.3 Å². The number of nitrogens with zero attached hydrogens (tertiary/aromatic N) is 4. The minimum absolute atomic E-state index is 0.384. The Kier molecular flexibility index (Phi) is 3.80. The molecule has 0 aromatic carbocycles. The number of hydrogen-bond donors (Lipinski definition) is 0. The molecule has 2 aromatic rings. The monoisotopic (exact) mass is 244 g/mol.